The number of urea groups is 1. The summed E-state index contributed by atoms with van der Waals surface area (Å²) in [6.07, 6.45) is -2.94. The Labute approximate surface area is 138 Å². The number of likely N-dealkylation sites (tertiary alicyclic amines) is 1. The van der Waals surface area contributed by atoms with Gasteiger partial charge in [0.15, 0.2) is 0 Å². The van der Waals surface area contributed by atoms with E-state index in [4.69, 9.17) is 9.84 Å². The summed E-state index contributed by atoms with van der Waals surface area (Å²) in [6.45, 7) is 3.19. The van der Waals surface area contributed by atoms with Crippen molar-refractivity contribution in [1.82, 2.24) is 10.2 Å². The van der Waals surface area contributed by atoms with E-state index in [0.29, 0.717) is 6.54 Å². The van der Waals surface area contributed by atoms with Gasteiger partial charge in [-0.05, 0) is 32.6 Å². The van der Waals surface area contributed by atoms with Crippen molar-refractivity contribution in [3.05, 3.63) is 0 Å². The molecule has 0 bridgehead atoms. The summed E-state index contributed by atoms with van der Waals surface area (Å²) in [5.74, 6) is -4.97. The molecular formula is C15H23F3N2O4. The molecule has 0 spiro atoms. The highest BCUT2D eigenvalue weighted by molar-refractivity contribution is 5.77. The summed E-state index contributed by atoms with van der Waals surface area (Å²) in [6, 6.07) is -0.639. The van der Waals surface area contributed by atoms with Gasteiger partial charge < -0.3 is 20.1 Å². The summed E-state index contributed by atoms with van der Waals surface area (Å²) in [7, 11) is 0. The van der Waals surface area contributed by atoms with Gasteiger partial charge >= 0.3 is 18.2 Å². The van der Waals surface area contributed by atoms with Gasteiger partial charge in [-0.3, -0.25) is 4.79 Å². The number of carbonyl (C=O) groups is 2. The van der Waals surface area contributed by atoms with Gasteiger partial charge in [-0.15, -0.1) is 0 Å². The van der Waals surface area contributed by atoms with Crippen LogP contribution in [0.25, 0.3) is 0 Å². The maximum atomic E-state index is 12.9. The highest BCUT2D eigenvalue weighted by atomic mass is 19.4. The molecule has 2 aliphatic rings. The topological polar surface area (TPSA) is 78.9 Å². The van der Waals surface area contributed by atoms with Crippen molar-refractivity contribution in [3.63, 3.8) is 0 Å². The number of nitrogens with one attached hydrogen (secondary N) is 1. The van der Waals surface area contributed by atoms with Crippen LogP contribution in [-0.4, -0.2) is 60.0 Å². The Morgan fingerprint density at radius 1 is 1.21 bits per heavy atom. The van der Waals surface area contributed by atoms with Crippen molar-refractivity contribution in [2.24, 2.45) is 17.8 Å². The molecule has 9 heteroatoms. The van der Waals surface area contributed by atoms with Gasteiger partial charge in [-0.2, -0.15) is 13.2 Å². The molecule has 2 saturated heterocycles. The molecule has 4 atom stereocenters. The van der Waals surface area contributed by atoms with Crippen molar-refractivity contribution in [2.45, 2.75) is 45.1 Å². The third-order valence-corrected chi connectivity index (χ3v) is 4.68. The maximum Gasteiger partial charge on any atom is 0.394 e. The minimum atomic E-state index is -4.64. The van der Waals surface area contributed by atoms with Gasteiger partial charge in [0.2, 0.25) is 0 Å². The highest BCUT2D eigenvalue weighted by Gasteiger charge is 2.53. The first-order chi connectivity index (χ1) is 11.1. The Kier molecular flexibility index (Phi) is 5.62. The Morgan fingerprint density at radius 2 is 1.79 bits per heavy atom. The lowest BCUT2D eigenvalue weighted by molar-refractivity contribution is -0.187. The minimum Gasteiger partial charge on any atom is -0.481 e. The molecule has 2 heterocycles. The molecule has 6 nitrogen and oxygen atoms in total. The monoisotopic (exact) mass is 352 g/mol. The van der Waals surface area contributed by atoms with Gasteiger partial charge in [-0.25, -0.2) is 4.79 Å². The first kappa shape index (κ1) is 18.8. The van der Waals surface area contributed by atoms with Crippen LogP contribution in [-0.2, 0) is 9.53 Å². The van der Waals surface area contributed by atoms with Crippen molar-refractivity contribution in [3.8, 4) is 0 Å². The van der Waals surface area contributed by atoms with Crippen LogP contribution in [0.5, 0.6) is 0 Å². The Hall–Kier alpha value is -1.51. The van der Waals surface area contributed by atoms with E-state index in [-0.39, 0.29) is 18.1 Å². The molecule has 2 unspecified atom stereocenters. The summed E-state index contributed by atoms with van der Waals surface area (Å²) in [5, 5.41) is 11.6. The predicted octanol–water partition coefficient (Wildman–Crippen LogP) is 2.09. The summed E-state index contributed by atoms with van der Waals surface area (Å²) < 4.78 is 44.4. The van der Waals surface area contributed by atoms with Crippen molar-refractivity contribution in [2.75, 3.05) is 19.6 Å². The standard InChI is InChI=1S/C15H23F3N2O4/c1-8-3-10(4-9(2)24-8)5-19-14(23)20-6-11(13(21)22)12(7-20)15(16,17)18/h8-12H,3-7H2,1-2H3,(H,19,23)(H,21,22)/t8?,9?,10?,11-,12-/m1/s1. The number of hydrogen-bond acceptors (Lipinski definition) is 3. The van der Waals surface area contributed by atoms with E-state index >= 15 is 0 Å². The molecule has 0 aliphatic carbocycles. The maximum absolute atomic E-state index is 12.9. The Bertz CT molecular complexity index is 476. The third kappa shape index (κ3) is 4.52. The molecule has 2 rings (SSSR count). The van der Waals surface area contributed by atoms with Gasteiger partial charge in [0.25, 0.3) is 0 Å². The molecule has 138 valence electrons. The molecular weight excluding hydrogens is 329 g/mol. The second-order valence-electron chi connectivity index (χ2n) is 6.78. The molecule has 0 aromatic rings. The zero-order valence-corrected chi connectivity index (χ0v) is 13.7. The molecule has 2 aliphatic heterocycles. The summed E-state index contributed by atoms with van der Waals surface area (Å²) >= 11 is 0. The third-order valence-electron chi connectivity index (χ3n) is 4.68. The van der Waals surface area contributed by atoms with Crippen LogP contribution in [0.1, 0.15) is 26.7 Å². The van der Waals surface area contributed by atoms with E-state index in [1.807, 2.05) is 13.8 Å². The van der Waals surface area contributed by atoms with E-state index in [0.717, 1.165) is 17.7 Å². The number of hydrogen-bond donors (Lipinski definition) is 2. The number of halogens is 3. The Balaban J connectivity index is 1.90. The SMILES string of the molecule is CC1CC(CNC(=O)N2C[C@@H](C(F)(F)F)[C@H](C(=O)O)C2)CC(C)O1. The predicted molar refractivity (Wildman–Crippen MR) is 78.4 cm³/mol. The van der Waals surface area contributed by atoms with Crippen molar-refractivity contribution < 1.29 is 32.6 Å². The average molecular weight is 352 g/mol. The number of amides is 2. The minimum absolute atomic E-state index is 0.0773. The quantitative estimate of drug-likeness (QED) is 0.815. The molecule has 0 aromatic carbocycles. The van der Waals surface area contributed by atoms with Crippen LogP contribution < -0.4 is 5.32 Å². The van der Waals surface area contributed by atoms with E-state index in [9.17, 15) is 22.8 Å². The average Bonchev–Trinajstić information content (AvgIpc) is 2.89. The molecule has 2 N–H and O–H groups in total. The van der Waals surface area contributed by atoms with Crippen LogP contribution in [0.3, 0.4) is 0 Å². The van der Waals surface area contributed by atoms with Crippen molar-refractivity contribution >= 4 is 12.0 Å². The van der Waals surface area contributed by atoms with Crippen LogP contribution >= 0.6 is 0 Å². The zero-order valence-electron chi connectivity index (χ0n) is 13.7. The first-order valence-corrected chi connectivity index (χ1v) is 8.05. The number of carbonyl (C=O) groups excluding carboxylic acids is 1. The number of nitrogens with zero attached hydrogens (tertiary/aromatic N) is 1. The van der Waals surface area contributed by atoms with E-state index in [1.165, 1.54) is 0 Å². The number of alkyl halides is 3. The van der Waals surface area contributed by atoms with E-state index in [2.05, 4.69) is 5.32 Å². The van der Waals surface area contributed by atoms with E-state index in [1.54, 1.807) is 0 Å². The molecule has 2 amide bonds. The molecule has 24 heavy (non-hydrogen) atoms. The fraction of sp³-hybridized carbons (Fsp3) is 0.867. The largest absolute Gasteiger partial charge is 0.481 e. The van der Waals surface area contributed by atoms with Gasteiger partial charge in [0.05, 0.1) is 24.0 Å². The second-order valence-corrected chi connectivity index (χ2v) is 6.78. The normalized spacial score (nSPS) is 34.2. The summed E-state index contributed by atoms with van der Waals surface area (Å²) in [5.41, 5.74) is 0. The zero-order chi connectivity index (χ0) is 18.1. The molecule has 0 radical (unpaired) electrons. The van der Waals surface area contributed by atoms with E-state index < -0.39 is 43.1 Å². The number of ether oxygens (including phenoxy) is 1. The molecule has 2 fully saturated rings. The van der Waals surface area contributed by atoms with Gasteiger partial charge in [0, 0.05) is 19.6 Å². The fourth-order valence-corrected chi connectivity index (χ4v) is 3.60. The number of carboxylic acid groups (broad SMARTS) is 1. The number of carboxylic acids is 1. The van der Waals surface area contributed by atoms with Gasteiger partial charge in [-0.1, -0.05) is 0 Å². The Morgan fingerprint density at radius 3 is 2.25 bits per heavy atom. The smallest absolute Gasteiger partial charge is 0.394 e. The molecule has 0 aromatic heterocycles. The van der Waals surface area contributed by atoms with Crippen molar-refractivity contribution in [1.29, 1.82) is 0 Å². The van der Waals surface area contributed by atoms with Crippen LogP contribution in [0.15, 0.2) is 0 Å². The van der Waals surface area contributed by atoms with Gasteiger partial charge in [0.1, 0.15) is 0 Å². The fourth-order valence-electron chi connectivity index (χ4n) is 3.60. The van der Waals surface area contributed by atoms with Crippen LogP contribution in [0.4, 0.5) is 18.0 Å². The lowest BCUT2D eigenvalue weighted by Gasteiger charge is -2.32. The number of rotatable bonds is 3. The molecule has 0 saturated carbocycles. The summed E-state index contributed by atoms with van der Waals surface area (Å²) in [4.78, 5) is 24.1. The first-order valence-electron chi connectivity index (χ1n) is 8.05. The number of aliphatic carboxylic acids is 1. The highest BCUT2D eigenvalue weighted by Crippen LogP contribution is 2.37. The second kappa shape index (κ2) is 7.16. The lowest BCUT2D eigenvalue weighted by Crippen LogP contribution is -2.43. The van der Waals surface area contributed by atoms with Crippen LogP contribution in [0.2, 0.25) is 0 Å². The lowest BCUT2D eigenvalue weighted by atomic mass is 9.92. The van der Waals surface area contributed by atoms with Crippen LogP contribution in [0, 0.1) is 17.8 Å².